The van der Waals surface area contributed by atoms with Crippen molar-refractivity contribution in [3.63, 3.8) is 0 Å². The highest BCUT2D eigenvalue weighted by Gasteiger charge is 2.22. The lowest BCUT2D eigenvalue weighted by Crippen LogP contribution is -2.25. The smallest absolute Gasteiger partial charge is 0.349 e. The van der Waals surface area contributed by atoms with Gasteiger partial charge in [0.2, 0.25) is 0 Å². The standard InChI is InChI=1S/C16H21N3O6/c1-4-24-15(21)13(16(22)25-5-2)14(17)19-18-9-10-6-7-12(23-3)11(20)8-10/h6-9,20-21H,4-5H2,1-3H3,(H2,17,19)/b15-13-,18-9?. The number of hydrogen-bond donors (Lipinski definition) is 3. The second-order valence-electron chi connectivity index (χ2n) is 4.49. The molecule has 0 atom stereocenters. The van der Waals surface area contributed by atoms with Gasteiger partial charge < -0.3 is 30.2 Å². The minimum Gasteiger partial charge on any atom is -0.504 e. The maximum absolute atomic E-state index is 11.9. The third-order valence-electron chi connectivity index (χ3n) is 2.81. The molecular formula is C16H21N3O6. The van der Waals surface area contributed by atoms with Gasteiger partial charge in [0.05, 0.1) is 26.5 Å². The number of carbonyl (C=O) groups excluding carboxylic acids is 1. The quantitative estimate of drug-likeness (QED) is 0.161. The first-order valence-electron chi connectivity index (χ1n) is 7.41. The van der Waals surface area contributed by atoms with Crippen LogP contribution in [0, 0.1) is 0 Å². The van der Waals surface area contributed by atoms with E-state index in [0.29, 0.717) is 11.3 Å². The molecule has 0 aromatic heterocycles. The van der Waals surface area contributed by atoms with Crippen molar-refractivity contribution in [3.8, 4) is 11.5 Å². The molecule has 0 aliphatic carbocycles. The van der Waals surface area contributed by atoms with Crippen molar-refractivity contribution in [1.82, 2.24) is 0 Å². The van der Waals surface area contributed by atoms with Crippen molar-refractivity contribution in [3.05, 3.63) is 35.3 Å². The second-order valence-corrected chi connectivity index (χ2v) is 4.49. The van der Waals surface area contributed by atoms with Gasteiger partial charge in [0.1, 0.15) is 0 Å². The molecule has 0 heterocycles. The maximum Gasteiger partial charge on any atom is 0.349 e. The summed E-state index contributed by atoms with van der Waals surface area (Å²) in [6.45, 7) is 3.44. The van der Waals surface area contributed by atoms with Crippen molar-refractivity contribution in [1.29, 1.82) is 0 Å². The molecule has 0 bridgehead atoms. The van der Waals surface area contributed by atoms with Crippen LogP contribution < -0.4 is 10.5 Å². The molecule has 0 aliphatic rings. The molecule has 0 amide bonds. The summed E-state index contributed by atoms with van der Waals surface area (Å²) in [5.74, 6) is -1.70. The third-order valence-corrected chi connectivity index (χ3v) is 2.81. The number of carbonyl (C=O) groups is 1. The molecule has 1 aromatic rings. The number of nitrogens with zero attached hydrogens (tertiary/aromatic N) is 2. The Bertz CT molecular complexity index is 697. The Morgan fingerprint density at radius 1 is 1.28 bits per heavy atom. The fourth-order valence-electron chi connectivity index (χ4n) is 1.71. The van der Waals surface area contributed by atoms with Crippen LogP contribution in [-0.2, 0) is 14.3 Å². The van der Waals surface area contributed by atoms with Crippen LogP contribution in [-0.4, -0.2) is 48.6 Å². The average Bonchev–Trinajstić information content (AvgIpc) is 2.55. The number of aliphatic hydroxyl groups excluding tert-OH is 1. The van der Waals surface area contributed by atoms with Gasteiger partial charge in [-0.1, -0.05) is 0 Å². The predicted molar refractivity (Wildman–Crippen MR) is 91.8 cm³/mol. The van der Waals surface area contributed by atoms with Crippen LogP contribution in [0.25, 0.3) is 0 Å². The molecule has 136 valence electrons. The van der Waals surface area contributed by atoms with Crippen molar-refractivity contribution in [2.45, 2.75) is 13.8 Å². The lowest BCUT2D eigenvalue weighted by molar-refractivity contribution is -0.138. The van der Waals surface area contributed by atoms with Gasteiger partial charge >= 0.3 is 5.97 Å². The van der Waals surface area contributed by atoms with Crippen LogP contribution >= 0.6 is 0 Å². The molecule has 0 saturated heterocycles. The first-order chi connectivity index (χ1) is 11.9. The highest BCUT2D eigenvalue weighted by atomic mass is 16.6. The van der Waals surface area contributed by atoms with Crippen molar-refractivity contribution in [2.75, 3.05) is 20.3 Å². The zero-order chi connectivity index (χ0) is 18.8. The van der Waals surface area contributed by atoms with Crippen LogP contribution in [0.5, 0.6) is 11.5 Å². The Morgan fingerprint density at radius 2 is 1.96 bits per heavy atom. The lowest BCUT2D eigenvalue weighted by Gasteiger charge is -2.08. The molecule has 0 unspecified atom stereocenters. The number of amidine groups is 1. The number of aromatic hydroxyl groups is 1. The number of phenolic OH excluding ortho intramolecular Hbond substituents is 1. The maximum atomic E-state index is 11.9. The van der Waals surface area contributed by atoms with Crippen molar-refractivity contribution < 1.29 is 29.2 Å². The molecule has 1 aromatic carbocycles. The van der Waals surface area contributed by atoms with E-state index in [1.54, 1.807) is 26.0 Å². The zero-order valence-electron chi connectivity index (χ0n) is 14.2. The summed E-state index contributed by atoms with van der Waals surface area (Å²) >= 11 is 0. The van der Waals surface area contributed by atoms with Gasteiger partial charge in [0, 0.05) is 0 Å². The summed E-state index contributed by atoms with van der Waals surface area (Å²) in [7, 11) is 1.43. The van der Waals surface area contributed by atoms with E-state index in [4.69, 9.17) is 19.9 Å². The van der Waals surface area contributed by atoms with Crippen LogP contribution in [0.4, 0.5) is 0 Å². The summed E-state index contributed by atoms with van der Waals surface area (Å²) in [6.07, 6.45) is 1.30. The van der Waals surface area contributed by atoms with E-state index in [1.165, 1.54) is 19.4 Å². The van der Waals surface area contributed by atoms with E-state index < -0.39 is 17.5 Å². The van der Waals surface area contributed by atoms with E-state index in [0.717, 1.165) is 0 Å². The van der Waals surface area contributed by atoms with Crippen LogP contribution in [0.2, 0.25) is 0 Å². The Morgan fingerprint density at radius 3 is 2.52 bits per heavy atom. The third kappa shape index (κ3) is 5.72. The predicted octanol–water partition coefficient (Wildman–Crippen LogP) is 1.46. The number of rotatable bonds is 8. The van der Waals surface area contributed by atoms with Crippen molar-refractivity contribution >= 4 is 18.0 Å². The Hall–Kier alpha value is -3.23. The van der Waals surface area contributed by atoms with E-state index in [-0.39, 0.29) is 24.8 Å². The number of benzene rings is 1. The van der Waals surface area contributed by atoms with Gasteiger partial charge in [-0.15, -0.1) is 5.10 Å². The van der Waals surface area contributed by atoms with Gasteiger partial charge in [0.25, 0.3) is 5.95 Å². The molecule has 4 N–H and O–H groups in total. The Labute approximate surface area is 145 Å². The Kier molecular flexibility index (Phi) is 7.77. The van der Waals surface area contributed by atoms with Crippen LogP contribution in [0.3, 0.4) is 0 Å². The molecule has 0 spiro atoms. The number of hydrogen-bond acceptors (Lipinski definition) is 8. The molecule has 0 saturated carbocycles. The number of nitrogens with two attached hydrogens (primary N) is 1. The summed E-state index contributed by atoms with van der Waals surface area (Å²) < 4.78 is 14.6. The summed E-state index contributed by atoms with van der Waals surface area (Å²) in [6, 6.07) is 4.59. The minimum absolute atomic E-state index is 0.0653. The lowest BCUT2D eigenvalue weighted by atomic mass is 10.2. The summed E-state index contributed by atoms with van der Waals surface area (Å²) in [5, 5.41) is 26.8. The molecule has 25 heavy (non-hydrogen) atoms. The molecule has 0 aliphatic heterocycles. The van der Waals surface area contributed by atoms with E-state index >= 15 is 0 Å². The molecule has 9 nitrogen and oxygen atoms in total. The van der Waals surface area contributed by atoms with Gasteiger partial charge in [-0.3, -0.25) is 0 Å². The molecule has 1 rings (SSSR count). The van der Waals surface area contributed by atoms with E-state index in [9.17, 15) is 15.0 Å². The van der Waals surface area contributed by atoms with Crippen molar-refractivity contribution in [2.24, 2.45) is 15.9 Å². The Balaban J connectivity index is 3.04. The fourth-order valence-corrected chi connectivity index (χ4v) is 1.71. The van der Waals surface area contributed by atoms with Gasteiger partial charge in [-0.05, 0) is 37.6 Å². The first-order valence-corrected chi connectivity index (χ1v) is 7.41. The molecule has 0 radical (unpaired) electrons. The number of methoxy groups -OCH3 is 1. The molecular weight excluding hydrogens is 330 g/mol. The van der Waals surface area contributed by atoms with Gasteiger partial charge in [0.15, 0.2) is 22.9 Å². The topological polar surface area (TPSA) is 136 Å². The number of esters is 1. The highest BCUT2D eigenvalue weighted by Crippen LogP contribution is 2.25. The zero-order valence-corrected chi connectivity index (χ0v) is 14.2. The summed E-state index contributed by atoms with van der Waals surface area (Å²) in [5.41, 5.74) is 5.79. The average molecular weight is 351 g/mol. The highest BCUT2D eigenvalue weighted by molar-refractivity contribution is 6.18. The number of phenols is 1. The number of aliphatic hydroxyl groups is 1. The van der Waals surface area contributed by atoms with Crippen LogP contribution in [0.15, 0.2) is 39.9 Å². The largest absolute Gasteiger partial charge is 0.504 e. The minimum atomic E-state index is -0.882. The normalized spacial score (nSPS) is 12.7. The van der Waals surface area contributed by atoms with E-state index in [2.05, 4.69) is 10.2 Å². The second kappa shape index (κ2) is 9.81. The van der Waals surface area contributed by atoms with Crippen LogP contribution in [0.1, 0.15) is 19.4 Å². The molecule has 0 fully saturated rings. The summed E-state index contributed by atoms with van der Waals surface area (Å²) in [4.78, 5) is 11.9. The number of ether oxygens (including phenoxy) is 3. The monoisotopic (exact) mass is 351 g/mol. The van der Waals surface area contributed by atoms with E-state index in [1.807, 2.05) is 0 Å². The molecule has 9 heteroatoms. The van der Waals surface area contributed by atoms with Gasteiger partial charge in [-0.25, -0.2) is 4.79 Å². The van der Waals surface area contributed by atoms with Gasteiger partial charge in [-0.2, -0.15) is 5.10 Å². The first kappa shape index (κ1) is 19.8. The SMILES string of the molecule is CCOC(=O)C(/C(N)=N/N=Cc1ccc(OC)c(O)c1)=C(/O)OCC. The fraction of sp³-hybridized carbons (Fsp3) is 0.312.